The number of benzene rings is 1. The highest BCUT2D eigenvalue weighted by Gasteiger charge is 2.09. The van der Waals surface area contributed by atoms with E-state index in [1.54, 1.807) is 6.07 Å². The summed E-state index contributed by atoms with van der Waals surface area (Å²) >= 11 is 0. The molecule has 0 aliphatic heterocycles. The first kappa shape index (κ1) is 12.0. The molecule has 1 aromatic carbocycles. The molecule has 0 fully saturated rings. The van der Waals surface area contributed by atoms with Crippen LogP contribution in [0.4, 0.5) is 5.69 Å². The molecule has 5 heteroatoms. The van der Waals surface area contributed by atoms with Crippen molar-refractivity contribution in [1.82, 2.24) is 4.98 Å². The van der Waals surface area contributed by atoms with E-state index in [1.807, 2.05) is 18.3 Å². The molecule has 4 nitrogen and oxygen atoms in total. The van der Waals surface area contributed by atoms with E-state index in [0.29, 0.717) is 11.6 Å². The summed E-state index contributed by atoms with van der Waals surface area (Å²) in [5.74, 6) is 0.400. The molecule has 0 aliphatic carbocycles. The van der Waals surface area contributed by atoms with Crippen molar-refractivity contribution in [3.8, 4) is 0 Å². The molecule has 0 atom stereocenters. The highest BCUT2D eigenvalue weighted by atomic mass is 32.2. The number of rotatable bonds is 3. The van der Waals surface area contributed by atoms with E-state index in [0.717, 1.165) is 17.2 Å². The van der Waals surface area contributed by atoms with Crippen LogP contribution in [0.1, 0.15) is 25.3 Å². The number of nitrogens with one attached hydrogen (secondary N) is 2. The molecule has 17 heavy (non-hydrogen) atoms. The molecule has 2 aromatic rings. The Morgan fingerprint density at radius 2 is 2.00 bits per heavy atom. The van der Waals surface area contributed by atoms with Crippen LogP contribution >= 0.6 is 0 Å². The van der Waals surface area contributed by atoms with Gasteiger partial charge in [-0.1, -0.05) is 13.8 Å². The van der Waals surface area contributed by atoms with Crippen molar-refractivity contribution in [3.05, 3.63) is 30.0 Å². The topological polar surface area (TPSA) is 62.0 Å². The normalized spacial score (nSPS) is 12.2. The molecule has 0 unspecified atom stereocenters. The van der Waals surface area contributed by atoms with E-state index < -0.39 is 10.0 Å². The number of anilines is 1. The second-order valence-electron chi connectivity index (χ2n) is 4.53. The molecule has 0 amide bonds. The molecule has 0 radical (unpaired) electrons. The van der Waals surface area contributed by atoms with Crippen LogP contribution in [0.2, 0.25) is 0 Å². The van der Waals surface area contributed by atoms with Crippen molar-refractivity contribution >= 4 is 26.6 Å². The second kappa shape index (κ2) is 4.07. The number of fused-ring (bicyclic) bond motifs is 1. The van der Waals surface area contributed by atoms with Crippen molar-refractivity contribution in [2.45, 2.75) is 19.8 Å². The fourth-order valence-corrected chi connectivity index (χ4v) is 2.45. The van der Waals surface area contributed by atoms with Crippen LogP contribution < -0.4 is 4.72 Å². The second-order valence-corrected chi connectivity index (χ2v) is 6.28. The lowest BCUT2D eigenvalue weighted by Gasteiger charge is -2.06. The van der Waals surface area contributed by atoms with E-state index in [4.69, 9.17) is 0 Å². The molecule has 2 N–H and O–H groups in total. The lowest BCUT2D eigenvalue weighted by molar-refractivity contribution is 0.607. The van der Waals surface area contributed by atoms with Gasteiger partial charge >= 0.3 is 0 Å². The van der Waals surface area contributed by atoms with Crippen LogP contribution in [0.25, 0.3) is 10.9 Å². The van der Waals surface area contributed by atoms with Gasteiger partial charge in [0.15, 0.2) is 0 Å². The standard InChI is InChI=1S/C12H16N2O2S/c1-8(2)11-7-13-12-5-4-9(6-10(11)12)14-17(3,15)16/h4-8,13-14H,1-3H3. The molecule has 0 bridgehead atoms. The number of aromatic nitrogens is 1. The summed E-state index contributed by atoms with van der Waals surface area (Å²) in [5, 5.41) is 1.06. The third-order valence-corrected chi connectivity index (χ3v) is 3.25. The van der Waals surface area contributed by atoms with Gasteiger partial charge in [-0.05, 0) is 29.7 Å². The van der Waals surface area contributed by atoms with Gasteiger partial charge in [0.05, 0.1) is 6.26 Å². The number of H-pyrrole nitrogens is 1. The summed E-state index contributed by atoms with van der Waals surface area (Å²) < 4.78 is 24.8. The first-order valence-electron chi connectivity index (χ1n) is 5.45. The van der Waals surface area contributed by atoms with Crippen molar-refractivity contribution in [2.75, 3.05) is 11.0 Å². The Kier molecular flexibility index (Phi) is 2.87. The lowest BCUT2D eigenvalue weighted by Crippen LogP contribution is -2.09. The molecular formula is C12H16N2O2S. The van der Waals surface area contributed by atoms with Crippen molar-refractivity contribution in [2.24, 2.45) is 0 Å². The predicted molar refractivity (Wildman–Crippen MR) is 70.9 cm³/mol. The van der Waals surface area contributed by atoms with Crippen LogP contribution in [0.3, 0.4) is 0 Å². The van der Waals surface area contributed by atoms with E-state index in [2.05, 4.69) is 23.6 Å². The first-order valence-corrected chi connectivity index (χ1v) is 7.35. The van der Waals surface area contributed by atoms with Crippen LogP contribution in [0.5, 0.6) is 0 Å². The van der Waals surface area contributed by atoms with Crippen molar-refractivity contribution in [3.63, 3.8) is 0 Å². The summed E-state index contributed by atoms with van der Waals surface area (Å²) in [4.78, 5) is 3.18. The summed E-state index contributed by atoms with van der Waals surface area (Å²) in [6.45, 7) is 4.22. The van der Waals surface area contributed by atoms with Gasteiger partial charge in [-0.15, -0.1) is 0 Å². The van der Waals surface area contributed by atoms with Gasteiger partial charge < -0.3 is 4.98 Å². The van der Waals surface area contributed by atoms with E-state index >= 15 is 0 Å². The molecule has 1 heterocycles. The Morgan fingerprint density at radius 1 is 1.29 bits per heavy atom. The molecule has 0 saturated heterocycles. The average Bonchev–Trinajstić information content (AvgIpc) is 2.57. The highest BCUT2D eigenvalue weighted by Crippen LogP contribution is 2.27. The molecule has 0 spiro atoms. The monoisotopic (exact) mass is 252 g/mol. The SMILES string of the molecule is CC(C)c1c[nH]c2ccc(NS(C)(=O)=O)cc12. The minimum atomic E-state index is -3.22. The maximum absolute atomic E-state index is 11.2. The third-order valence-electron chi connectivity index (χ3n) is 2.64. The average molecular weight is 252 g/mol. The molecular weight excluding hydrogens is 236 g/mol. The fourth-order valence-electron chi connectivity index (χ4n) is 1.90. The molecule has 2 rings (SSSR count). The molecule has 1 aromatic heterocycles. The van der Waals surface area contributed by atoms with E-state index in [-0.39, 0.29) is 0 Å². The van der Waals surface area contributed by atoms with Gasteiger partial charge in [0.25, 0.3) is 0 Å². The Morgan fingerprint density at radius 3 is 2.59 bits per heavy atom. The number of aromatic amines is 1. The maximum Gasteiger partial charge on any atom is 0.229 e. The van der Waals surface area contributed by atoms with E-state index in [9.17, 15) is 8.42 Å². The Hall–Kier alpha value is -1.49. The lowest BCUT2D eigenvalue weighted by atomic mass is 10.0. The van der Waals surface area contributed by atoms with Crippen LogP contribution in [0.15, 0.2) is 24.4 Å². The van der Waals surface area contributed by atoms with Crippen LogP contribution in [0, 0.1) is 0 Å². The minimum Gasteiger partial charge on any atom is -0.361 e. The predicted octanol–water partition coefficient (Wildman–Crippen LogP) is 2.66. The summed E-state index contributed by atoms with van der Waals surface area (Å²) in [5.41, 5.74) is 2.81. The number of hydrogen-bond donors (Lipinski definition) is 2. The Bertz CT molecular complexity index is 642. The molecule has 0 saturated carbocycles. The van der Waals surface area contributed by atoms with Crippen LogP contribution in [-0.4, -0.2) is 19.7 Å². The highest BCUT2D eigenvalue weighted by molar-refractivity contribution is 7.92. The van der Waals surface area contributed by atoms with Gasteiger partial charge in [-0.25, -0.2) is 8.42 Å². The number of sulfonamides is 1. The van der Waals surface area contributed by atoms with Gasteiger partial charge in [-0.3, -0.25) is 4.72 Å². The van der Waals surface area contributed by atoms with Crippen molar-refractivity contribution in [1.29, 1.82) is 0 Å². The van der Waals surface area contributed by atoms with Gasteiger partial charge in [-0.2, -0.15) is 0 Å². The van der Waals surface area contributed by atoms with E-state index in [1.165, 1.54) is 5.56 Å². The Labute approximate surface area is 101 Å². The summed E-state index contributed by atoms with van der Waals surface area (Å²) in [7, 11) is -3.22. The minimum absolute atomic E-state index is 0.400. The molecule has 92 valence electrons. The van der Waals surface area contributed by atoms with Gasteiger partial charge in [0, 0.05) is 22.8 Å². The van der Waals surface area contributed by atoms with Crippen LogP contribution in [-0.2, 0) is 10.0 Å². The quantitative estimate of drug-likeness (QED) is 0.882. The maximum atomic E-state index is 11.2. The Balaban J connectivity index is 2.51. The zero-order chi connectivity index (χ0) is 12.6. The fraction of sp³-hybridized carbons (Fsp3) is 0.333. The largest absolute Gasteiger partial charge is 0.361 e. The smallest absolute Gasteiger partial charge is 0.229 e. The van der Waals surface area contributed by atoms with Crippen molar-refractivity contribution < 1.29 is 8.42 Å². The first-order chi connectivity index (χ1) is 7.87. The number of hydrogen-bond acceptors (Lipinski definition) is 2. The zero-order valence-corrected chi connectivity index (χ0v) is 10.9. The zero-order valence-electron chi connectivity index (χ0n) is 10.1. The van der Waals surface area contributed by atoms with Gasteiger partial charge in [0.2, 0.25) is 10.0 Å². The third kappa shape index (κ3) is 2.61. The van der Waals surface area contributed by atoms with Gasteiger partial charge in [0.1, 0.15) is 0 Å². The molecule has 0 aliphatic rings. The summed E-state index contributed by atoms with van der Waals surface area (Å²) in [6, 6.07) is 5.50. The summed E-state index contributed by atoms with van der Waals surface area (Å²) in [6.07, 6.45) is 3.12.